The number of thiophene rings is 1. The summed E-state index contributed by atoms with van der Waals surface area (Å²) in [5.41, 5.74) is 1.62. The van der Waals surface area contributed by atoms with E-state index in [1.54, 1.807) is 10.9 Å². The number of likely N-dealkylation sites (tertiary alicyclic amines) is 2. The van der Waals surface area contributed by atoms with Gasteiger partial charge in [0, 0.05) is 63.4 Å². The summed E-state index contributed by atoms with van der Waals surface area (Å²) in [5, 5.41) is 0. The number of nitrogens with zero attached hydrogens (tertiary/aromatic N) is 5. The Morgan fingerprint density at radius 1 is 0.975 bits per heavy atom. The summed E-state index contributed by atoms with van der Waals surface area (Å²) >= 11 is 1.45. The Labute approximate surface area is 237 Å². The molecule has 6 heterocycles. The Kier molecular flexibility index (Phi) is 6.89. The van der Waals surface area contributed by atoms with Crippen LogP contribution in [-0.2, 0) is 4.74 Å². The molecule has 212 valence electrons. The van der Waals surface area contributed by atoms with Crippen molar-refractivity contribution in [2.24, 2.45) is 0 Å². The van der Waals surface area contributed by atoms with Crippen molar-refractivity contribution in [2.45, 2.75) is 43.8 Å². The van der Waals surface area contributed by atoms with Crippen molar-refractivity contribution in [3.63, 3.8) is 0 Å². The molecule has 0 radical (unpaired) electrons. The maximum Gasteiger partial charge on any atom is 0.320 e. The van der Waals surface area contributed by atoms with Crippen LogP contribution in [0.25, 0.3) is 20.7 Å². The van der Waals surface area contributed by atoms with E-state index in [1.165, 1.54) is 11.3 Å². The average molecular weight is 566 g/mol. The number of likely N-dealkylation sites (N-methyl/N-ethyl adjacent to an activating group) is 1. The highest BCUT2D eigenvalue weighted by Gasteiger charge is 2.36. The highest BCUT2D eigenvalue weighted by atomic mass is 32.1. The van der Waals surface area contributed by atoms with E-state index in [1.807, 2.05) is 41.1 Å². The largest absolute Gasteiger partial charge is 0.486 e. The second-order valence-electron chi connectivity index (χ2n) is 11.2. The molecule has 40 heavy (non-hydrogen) atoms. The summed E-state index contributed by atoms with van der Waals surface area (Å²) in [6, 6.07) is 8.59. The second-order valence-corrected chi connectivity index (χ2v) is 12.3. The summed E-state index contributed by atoms with van der Waals surface area (Å²) in [6.45, 7) is 5.87. The molecular weight excluding hydrogens is 530 g/mol. The third-order valence-corrected chi connectivity index (χ3v) is 10.0. The van der Waals surface area contributed by atoms with Gasteiger partial charge in [0.05, 0.1) is 17.9 Å². The number of ether oxygens (including phenoxy) is 3. The molecule has 0 unspecified atom stereocenters. The molecule has 0 aliphatic carbocycles. The van der Waals surface area contributed by atoms with Crippen molar-refractivity contribution in [3.8, 4) is 21.9 Å². The van der Waals surface area contributed by atoms with Crippen molar-refractivity contribution in [3.05, 3.63) is 40.9 Å². The van der Waals surface area contributed by atoms with Crippen LogP contribution in [0.3, 0.4) is 0 Å². The predicted molar refractivity (Wildman–Crippen MR) is 153 cm³/mol. The molecule has 4 aliphatic heterocycles. The summed E-state index contributed by atoms with van der Waals surface area (Å²) in [4.78, 5) is 38.9. The van der Waals surface area contributed by atoms with Gasteiger partial charge in [-0.15, -0.1) is 11.3 Å². The number of aromatic nitrogens is 2. The maximum absolute atomic E-state index is 13.6. The second kappa shape index (κ2) is 10.7. The topological polar surface area (TPSA) is 89.4 Å². The van der Waals surface area contributed by atoms with E-state index in [0.29, 0.717) is 42.6 Å². The van der Waals surface area contributed by atoms with Crippen molar-refractivity contribution < 1.29 is 19.0 Å². The minimum atomic E-state index is -0.0797. The van der Waals surface area contributed by atoms with Crippen molar-refractivity contribution >= 4 is 27.6 Å². The first-order valence-corrected chi connectivity index (χ1v) is 15.1. The fraction of sp³-hybridized carbons (Fsp3) is 0.552. The zero-order valence-electron chi connectivity index (χ0n) is 22.8. The maximum atomic E-state index is 13.6. The van der Waals surface area contributed by atoms with Crippen LogP contribution in [-0.4, -0.2) is 102 Å². The summed E-state index contributed by atoms with van der Waals surface area (Å²) in [7, 11) is 1.93. The molecule has 10 nitrogen and oxygen atoms in total. The van der Waals surface area contributed by atoms with E-state index >= 15 is 0 Å². The fourth-order valence-corrected chi connectivity index (χ4v) is 7.56. The van der Waals surface area contributed by atoms with E-state index in [2.05, 4.69) is 9.88 Å². The molecule has 7 rings (SSSR count). The molecule has 2 atom stereocenters. The van der Waals surface area contributed by atoms with E-state index in [4.69, 9.17) is 14.2 Å². The highest BCUT2D eigenvalue weighted by Crippen LogP contribution is 2.38. The van der Waals surface area contributed by atoms with Crippen LogP contribution in [0.15, 0.2) is 35.4 Å². The molecule has 0 N–H and O–H groups in total. The van der Waals surface area contributed by atoms with Gasteiger partial charge in [-0.1, -0.05) is 0 Å². The van der Waals surface area contributed by atoms with Gasteiger partial charge in [-0.3, -0.25) is 14.3 Å². The standard InChI is InChI=1S/C29H35N5O5S/c1-31(21-4-8-32(16-21)20-6-10-37-11-7-20)29(36)33-9-5-22(17-33)34-18-30-23-15-26(40-27(23)28(34)35)19-2-3-24-25(14-19)39-13-12-38-24/h2-3,14-15,18,20-22H,4-13,16-17H2,1H3/t21-,22-/m0/s1. The number of carbonyl (C=O) groups is 1. The number of carbonyl (C=O) groups excluding carboxylic acids is 1. The molecule has 3 fully saturated rings. The molecule has 0 bridgehead atoms. The highest BCUT2D eigenvalue weighted by molar-refractivity contribution is 7.22. The number of rotatable bonds is 4. The minimum absolute atomic E-state index is 0.0469. The van der Waals surface area contributed by atoms with Crippen molar-refractivity contribution in [2.75, 3.05) is 59.7 Å². The van der Waals surface area contributed by atoms with Crippen molar-refractivity contribution in [1.82, 2.24) is 24.3 Å². The van der Waals surface area contributed by atoms with Gasteiger partial charge in [0.1, 0.15) is 17.9 Å². The summed E-state index contributed by atoms with van der Waals surface area (Å²) in [5.74, 6) is 1.47. The molecule has 2 amide bonds. The molecule has 2 aromatic heterocycles. The lowest BCUT2D eigenvalue weighted by molar-refractivity contribution is 0.0402. The molecule has 3 aromatic rings. The van der Waals surface area contributed by atoms with E-state index < -0.39 is 0 Å². The van der Waals surface area contributed by atoms with E-state index in [-0.39, 0.29) is 23.7 Å². The Morgan fingerprint density at radius 3 is 2.65 bits per heavy atom. The number of amides is 2. The zero-order chi connectivity index (χ0) is 27.2. The van der Waals surface area contributed by atoms with Gasteiger partial charge < -0.3 is 24.0 Å². The first kappa shape index (κ1) is 25.8. The van der Waals surface area contributed by atoms with E-state index in [0.717, 1.165) is 73.9 Å². The lowest BCUT2D eigenvalue weighted by atomic mass is 10.1. The molecule has 1 aromatic carbocycles. The lowest BCUT2D eigenvalue weighted by Crippen LogP contribution is -2.47. The third-order valence-electron chi connectivity index (χ3n) is 8.87. The zero-order valence-corrected chi connectivity index (χ0v) is 23.6. The normalized spacial score (nSPS) is 23.7. The quantitative estimate of drug-likeness (QED) is 0.479. The fourth-order valence-electron chi connectivity index (χ4n) is 6.51. The number of fused-ring (bicyclic) bond motifs is 2. The minimum Gasteiger partial charge on any atom is -0.486 e. The Bertz CT molecular complexity index is 1470. The van der Waals surface area contributed by atoms with Gasteiger partial charge in [-0.2, -0.15) is 0 Å². The average Bonchev–Trinajstić information content (AvgIpc) is 3.77. The van der Waals surface area contributed by atoms with Crippen LogP contribution in [0.1, 0.15) is 31.7 Å². The third kappa shape index (κ3) is 4.73. The molecule has 11 heteroatoms. The van der Waals surface area contributed by atoms with Gasteiger partial charge in [-0.25, -0.2) is 9.78 Å². The van der Waals surface area contributed by atoms with Gasteiger partial charge in [0.25, 0.3) is 5.56 Å². The monoisotopic (exact) mass is 565 g/mol. The van der Waals surface area contributed by atoms with Crippen molar-refractivity contribution in [1.29, 1.82) is 0 Å². The van der Waals surface area contributed by atoms with Crippen LogP contribution < -0.4 is 15.0 Å². The van der Waals surface area contributed by atoms with Crippen LogP contribution in [0.2, 0.25) is 0 Å². The number of hydrogen-bond acceptors (Lipinski definition) is 8. The number of urea groups is 1. The van der Waals surface area contributed by atoms with Gasteiger partial charge in [-0.05, 0) is 55.5 Å². The van der Waals surface area contributed by atoms with Gasteiger partial charge in [0.15, 0.2) is 11.5 Å². The Hall–Kier alpha value is -3.15. The van der Waals surface area contributed by atoms with Crippen LogP contribution >= 0.6 is 11.3 Å². The van der Waals surface area contributed by atoms with Gasteiger partial charge in [0.2, 0.25) is 0 Å². The predicted octanol–water partition coefficient (Wildman–Crippen LogP) is 3.45. The summed E-state index contributed by atoms with van der Waals surface area (Å²) < 4.78 is 19.3. The van der Waals surface area contributed by atoms with Crippen LogP contribution in [0.5, 0.6) is 11.5 Å². The first-order valence-electron chi connectivity index (χ1n) is 14.3. The smallest absolute Gasteiger partial charge is 0.320 e. The van der Waals surface area contributed by atoms with E-state index in [9.17, 15) is 9.59 Å². The van der Waals surface area contributed by atoms with Crippen LogP contribution in [0.4, 0.5) is 4.79 Å². The SMILES string of the molecule is CN(C(=O)N1CC[C@H](n2cnc3cc(-c4ccc5c(c4)OCCO5)sc3c2=O)C1)[C@H]1CCN(C2CCOCC2)C1. The van der Waals surface area contributed by atoms with Crippen LogP contribution in [0, 0.1) is 0 Å². The first-order chi connectivity index (χ1) is 19.5. The molecule has 0 saturated carbocycles. The Balaban J connectivity index is 1.03. The number of hydrogen-bond donors (Lipinski definition) is 0. The summed E-state index contributed by atoms with van der Waals surface area (Å²) in [6.07, 6.45) is 5.55. The molecule has 3 saturated heterocycles. The molecule has 4 aliphatic rings. The number of benzene rings is 1. The molecule has 0 spiro atoms. The lowest BCUT2D eigenvalue weighted by Gasteiger charge is -2.33. The van der Waals surface area contributed by atoms with Gasteiger partial charge >= 0.3 is 6.03 Å². The Morgan fingerprint density at radius 2 is 1.80 bits per heavy atom. The molecular formula is C29H35N5O5S.